The minimum absolute atomic E-state index is 0.643. The number of benzene rings is 3. The number of aryl methyl sites for hydroxylation is 1. The lowest BCUT2D eigenvalue weighted by molar-refractivity contribution is -0.140. The number of hydrogen-bond donors (Lipinski definition) is 2. The molecular weight excluding hydrogens is 494 g/mol. The minimum Gasteiger partial charge on any atom is -0.481 e. The van der Waals surface area contributed by atoms with Crippen LogP contribution in [-0.4, -0.2) is 21.2 Å². The van der Waals surface area contributed by atoms with Gasteiger partial charge in [0.1, 0.15) is 22.2 Å². The Morgan fingerprint density at radius 3 is 2.18 bits per heavy atom. The summed E-state index contributed by atoms with van der Waals surface area (Å²) in [6.45, 7) is 1.90. The number of rotatable bonds is 8. The maximum absolute atomic E-state index is 11.6. The van der Waals surface area contributed by atoms with Crippen LogP contribution in [0.5, 0.6) is 0 Å². The van der Waals surface area contributed by atoms with Gasteiger partial charge in [0.05, 0.1) is 5.41 Å². The van der Waals surface area contributed by atoms with E-state index in [0.717, 1.165) is 43.6 Å². The summed E-state index contributed by atoms with van der Waals surface area (Å²) in [5.74, 6) is 0.618. The molecule has 5 aromatic rings. The molecule has 0 bridgehead atoms. The largest absolute Gasteiger partial charge is 0.481 e. The van der Waals surface area contributed by atoms with E-state index in [1.807, 2.05) is 91.9 Å². The number of nitrogens with zero attached hydrogens (tertiary/aromatic N) is 2. The fourth-order valence-corrected chi connectivity index (χ4v) is 5.36. The quantitative estimate of drug-likeness (QED) is 0.217. The van der Waals surface area contributed by atoms with Gasteiger partial charge in [-0.15, -0.1) is 0 Å². The number of carbonyl (C=O) groups is 1. The Kier molecular flexibility index (Phi) is 6.21. The first-order valence-corrected chi connectivity index (χ1v) is 13.2. The number of carboxylic acid groups (broad SMARTS) is 1. The Balaban J connectivity index is 1.21. The van der Waals surface area contributed by atoms with Crippen molar-refractivity contribution in [2.24, 2.45) is 0 Å². The lowest BCUT2D eigenvalue weighted by atomic mass is 9.93. The topological polar surface area (TPSA) is 88.2 Å². The predicted molar refractivity (Wildman–Crippen MR) is 149 cm³/mol. The number of pyridine rings is 1. The molecule has 1 fully saturated rings. The first kappa shape index (κ1) is 24.0. The van der Waals surface area contributed by atoms with Crippen molar-refractivity contribution in [2.45, 2.75) is 35.1 Å². The van der Waals surface area contributed by atoms with Gasteiger partial charge in [0.25, 0.3) is 0 Å². The molecule has 2 N–H and O–H groups in total. The molecular formula is C31H25N3O3S. The van der Waals surface area contributed by atoms with Crippen LogP contribution in [0.15, 0.2) is 112 Å². The van der Waals surface area contributed by atoms with Gasteiger partial charge in [-0.1, -0.05) is 89.7 Å². The summed E-state index contributed by atoms with van der Waals surface area (Å²) >= 11 is 1.61. The molecule has 2 heterocycles. The van der Waals surface area contributed by atoms with Gasteiger partial charge >= 0.3 is 5.97 Å². The molecule has 1 aliphatic rings. The second-order valence-corrected chi connectivity index (χ2v) is 10.5. The average Bonchev–Trinajstić information content (AvgIpc) is 3.69. The second kappa shape index (κ2) is 9.84. The van der Waals surface area contributed by atoms with Crippen LogP contribution in [0.2, 0.25) is 0 Å². The molecule has 7 heteroatoms. The van der Waals surface area contributed by atoms with Gasteiger partial charge in [-0.3, -0.25) is 4.79 Å². The average molecular weight is 520 g/mol. The SMILES string of the molecule is Cc1noc(-c2ccc(-c3ccc(C4(C(=O)O)CC4)cc3)cc2)c1Nc1cccc(Sc2ccccc2)n1. The van der Waals surface area contributed by atoms with E-state index in [-0.39, 0.29) is 0 Å². The van der Waals surface area contributed by atoms with Gasteiger partial charge in [-0.2, -0.15) is 0 Å². The van der Waals surface area contributed by atoms with E-state index in [1.165, 1.54) is 0 Å². The number of nitrogens with one attached hydrogen (secondary N) is 1. The van der Waals surface area contributed by atoms with Crippen molar-refractivity contribution >= 4 is 29.2 Å². The Hall–Kier alpha value is -4.36. The smallest absolute Gasteiger partial charge is 0.314 e. The van der Waals surface area contributed by atoms with E-state index in [1.54, 1.807) is 11.8 Å². The van der Waals surface area contributed by atoms with Crippen LogP contribution in [0.4, 0.5) is 11.5 Å². The molecule has 0 unspecified atom stereocenters. The zero-order chi connectivity index (χ0) is 26.1. The molecule has 0 saturated heterocycles. The lowest BCUT2D eigenvalue weighted by Gasteiger charge is -2.11. The van der Waals surface area contributed by atoms with Crippen molar-refractivity contribution in [3.05, 3.63) is 108 Å². The third-order valence-corrected chi connectivity index (χ3v) is 7.83. The summed E-state index contributed by atoms with van der Waals surface area (Å²) in [5.41, 5.74) is 4.67. The summed E-state index contributed by atoms with van der Waals surface area (Å²) in [6.07, 6.45) is 1.41. The van der Waals surface area contributed by atoms with Crippen LogP contribution in [0.25, 0.3) is 22.5 Å². The van der Waals surface area contributed by atoms with Gasteiger partial charge in [-0.05, 0) is 60.7 Å². The van der Waals surface area contributed by atoms with Gasteiger partial charge in [-0.25, -0.2) is 4.98 Å². The maximum atomic E-state index is 11.6. The van der Waals surface area contributed by atoms with Crippen molar-refractivity contribution in [1.82, 2.24) is 10.1 Å². The van der Waals surface area contributed by atoms with Gasteiger partial charge in [0, 0.05) is 10.5 Å². The third-order valence-electron chi connectivity index (χ3n) is 6.88. The normalized spacial score (nSPS) is 13.7. The molecule has 0 radical (unpaired) electrons. The molecule has 0 aliphatic heterocycles. The van der Waals surface area contributed by atoms with Crippen LogP contribution in [0.3, 0.4) is 0 Å². The van der Waals surface area contributed by atoms with Gasteiger partial charge in [0.15, 0.2) is 5.76 Å². The Labute approximate surface area is 224 Å². The number of aromatic nitrogens is 2. The van der Waals surface area contributed by atoms with E-state index >= 15 is 0 Å². The number of aliphatic carboxylic acids is 1. The van der Waals surface area contributed by atoms with Crippen LogP contribution in [-0.2, 0) is 10.2 Å². The van der Waals surface area contributed by atoms with Crippen LogP contribution in [0, 0.1) is 6.92 Å². The first-order valence-electron chi connectivity index (χ1n) is 12.4. The standard InChI is InChI=1S/C31H25N3O3S/c1-20-28(33-26-8-5-9-27(32-26)38-25-6-3-2-4-7-25)29(37-34-20)23-12-10-21(11-13-23)22-14-16-24(17-15-22)31(18-19-31)30(35)36/h2-17H,18-19H2,1H3,(H,32,33)(H,35,36). The van der Waals surface area contributed by atoms with Gasteiger partial charge < -0.3 is 14.9 Å². The molecule has 6 rings (SSSR count). The second-order valence-electron chi connectivity index (χ2n) is 9.42. The molecule has 0 amide bonds. The predicted octanol–water partition coefficient (Wildman–Crippen LogP) is 7.72. The zero-order valence-electron chi connectivity index (χ0n) is 20.7. The summed E-state index contributed by atoms with van der Waals surface area (Å²) in [4.78, 5) is 17.5. The fraction of sp³-hybridized carbons (Fsp3) is 0.129. The lowest BCUT2D eigenvalue weighted by Crippen LogP contribution is -2.19. The molecule has 0 spiro atoms. The first-order chi connectivity index (χ1) is 18.5. The van der Waals surface area contributed by atoms with E-state index in [9.17, 15) is 9.90 Å². The van der Waals surface area contributed by atoms with E-state index < -0.39 is 11.4 Å². The number of carboxylic acids is 1. The summed E-state index contributed by atoms with van der Waals surface area (Å²) in [6, 6.07) is 32.0. The number of anilines is 2. The van der Waals surface area contributed by atoms with Gasteiger partial charge in [0.2, 0.25) is 0 Å². The van der Waals surface area contributed by atoms with E-state index in [4.69, 9.17) is 9.51 Å². The van der Waals surface area contributed by atoms with Crippen molar-refractivity contribution < 1.29 is 14.4 Å². The highest BCUT2D eigenvalue weighted by Crippen LogP contribution is 2.48. The summed E-state index contributed by atoms with van der Waals surface area (Å²) in [7, 11) is 0. The highest BCUT2D eigenvalue weighted by molar-refractivity contribution is 7.99. The monoisotopic (exact) mass is 519 g/mol. The molecule has 0 atom stereocenters. The molecule has 38 heavy (non-hydrogen) atoms. The molecule has 188 valence electrons. The third kappa shape index (κ3) is 4.68. The Bertz CT molecular complexity index is 1590. The molecule has 3 aromatic carbocycles. The highest BCUT2D eigenvalue weighted by atomic mass is 32.2. The highest BCUT2D eigenvalue weighted by Gasteiger charge is 2.51. The maximum Gasteiger partial charge on any atom is 0.314 e. The van der Waals surface area contributed by atoms with Crippen LogP contribution >= 0.6 is 11.8 Å². The zero-order valence-corrected chi connectivity index (χ0v) is 21.5. The summed E-state index contributed by atoms with van der Waals surface area (Å²) < 4.78 is 5.71. The Morgan fingerprint density at radius 2 is 1.53 bits per heavy atom. The molecule has 2 aromatic heterocycles. The summed E-state index contributed by atoms with van der Waals surface area (Å²) in [5, 5.41) is 18.0. The Morgan fingerprint density at radius 1 is 0.868 bits per heavy atom. The van der Waals surface area contributed by atoms with Crippen molar-refractivity contribution in [2.75, 3.05) is 5.32 Å². The molecule has 1 saturated carbocycles. The molecule has 1 aliphatic carbocycles. The van der Waals surface area contributed by atoms with E-state index in [0.29, 0.717) is 24.4 Å². The fourth-order valence-electron chi connectivity index (χ4n) is 4.54. The van der Waals surface area contributed by atoms with Crippen LogP contribution < -0.4 is 5.32 Å². The number of hydrogen-bond acceptors (Lipinski definition) is 6. The van der Waals surface area contributed by atoms with Crippen molar-refractivity contribution in [3.63, 3.8) is 0 Å². The van der Waals surface area contributed by atoms with Crippen molar-refractivity contribution in [1.29, 1.82) is 0 Å². The van der Waals surface area contributed by atoms with E-state index in [2.05, 4.69) is 22.6 Å². The van der Waals surface area contributed by atoms with Crippen molar-refractivity contribution in [3.8, 4) is 22.5 Å². The minimum atomic E-state index is -0.738. The molecule has 6 nitrogen and oxygen atoms in total. The van der Waals surface area contributed by atoms with Crippen LogP contribution in [0.1, 0.15) is 24.1 Å².